The maximum atomic E-state index is 11.5. The number of aryl methyl sites for hydroxylation is 2. The van der Waals surface area contributed by atoms with Gasteiger partial charge in [-0.15, -0.1) is 0 Å². The summed E-state index contributed by atoms with van der Waals surface area (Å²) < 4.78 is 12.8. The lowest BCUT2D eigenvalue weighted by atomic mass is 10.0. The third kappa shape index (κ3) is 7.34. The van der Waals surface area contributed by atoms with Crippen molar-refractivity contribution < 1.29 is 19.4 Å². The van der Waals surface area contributed by atoms with Crippen LogP contribution in [0.5, 0.6) is 11.5 Å². The van der Waals surface area contributed by atoms with Crippen molar-refractivity contribution in [3.05, 3.63) is 130 Å². The van der Waals surface area contributed by atoms with Gasteiger partial charge in [0.25, 0.3) is 0 Å². The minimum Gasteiger partial charge on any atom is -0.489 e. The number of aliphatic carboxylic acids is 1. The predicted molar refractivity (Wildman–Crippen MR) is 161 cm³/mol. The summed E-state index contributed by atoms with van der Waals surface area (Å²) in [5, 5.41) is 9.42. The fourth-order valence-corrected chi connectivity index (χ4v) is 5.39. The number of carbonyl (C=O) groups is 1. The monoisotopic (exact) mass is 550 g/mol. The number of nitrogens with two attached hydrogens (primary N) is 1. The van der Waals surface area contributed by atoms with Crippen molar-refractivity contribution >= 4 is 5.97 Å². The Kier molecular flexibility index (Phi) is 9.02. The zero-order valence-corrected chi connectivity index (χ0v) is 23.8. The van der Waals surface area contributed by atoms with Crippen molar-refractivity contribution in [2.45, 2.75) is 58.5 Å². The first-order valence-electron chi connectivity index (χ1n) is 14.2. The van der Waals surface area contributed by atoms with E-state index >= 15 is 0 Å². The van der Waals surface area contributed by atoms with E-state index in [0.717, 1.165) is 34.6 Å². The van der Waals surface area contributed by atoms with Gasteiger partial charge < -0.3 is 20.3 Å². The van der Waals surface area contributed by atoms with Crippen LogP contribution in [-0.4, -0.2) is 28.6 Å². The van der Waals surface area contributed by atoms with E-state index in [-0.39, 0.29) is 6.10 Å². The normalized spacial score (nSPS) is 14.9. The molecule has 0 bridgehead atoms. The molecule has 0 aromatic heterocycles. The van der Waals surface area contributed by atoms with Crippen LogP contribution in [0.25, 0.3) is 0 Å². The average molecular weight is 551 g/mol. The van der Waals surface area contributed by atoms with Crippen LogP contribution in [-0.2, 0) is 30.9 Å². The second-order valence-corrected chi connectivity index (χ2v) is 11.0. The van der Waals surface area contributed by atoms with E-state index in [1.165, 1.54) is 22.3 Å². The van der Waals surface area contributed by atoms with Crippen molar-refractivity contribution in [1.82, 2.24) is 4.90 Å². The number of carboxylic acid groups (broad SMARTS) is 1. The molecule has 1 aliphatic heterocycles. The largest absolute Gasteiger partial charge is 0.489 e. The van der Waals surface area contributed by atoms with Crippen molar-refractivity contribution in [3.63, 3.8) is 0 Å². The standard InChI is InChI=1S/C35H38N2O4/c1-24-8-5-10-26(18-24)23-40-32-15-4-3-11-29(32)21-37(17-16-31(36)35(38)39)22-30-14-7-13-28-20-33(41-34(28)30)27-12-6-9-25(2)19-27/h3-15,18-19,31,33H,16-17,20-23,36H2,1-2H3,(H,38,39)/t31-,33?/m0/s1. The molecule has 0 spiro atoms. The first-order chi connectivity index (χ1) is 19.9. The first-order valence-corrected chi connectivity index (χ1v) is 14.2. The molecular formula is C35H38N2O4. The summed E-state index contributed by atoms with van der Waals surface area (Å²) >= 11 is 0. The molecule has 1 aliphatic rings. The Balaban J connectivity index is 1.35. The first kappa shape index (κ1) is 28.4. The molecule has 3 N–H and O–H groups in total. The van der Waals surface area contributed by atoms with Gasteiger partial charge in [0.2, 0.25) is 0 Å². The maximum absolute atomic E-state index is 11.5. The van der Waals surface area contributed by atoms with Crippen LogP contribution in [0, 0.1) is 13.8 Å². The van der Waals surface area contributed by atoms with Crippen LogP contribution in [0.3, 0.4) is 0 Å². The molecule has 6 nitrogen and oxygen atoms in total. The molecule has 1 unspecified atom stereocenters. The molecule has 0 amide bonds. The summed E-state index contributed by atoms with van der Waals surface area (Å²) in [5.41, 5.74) is 13.9. The molecule has 0 aliphatic carbocycles. The minimum absolute atomic E-state index is 0.0179. The Morgan fingerprint density at radius 3 is 2.44 bits per heavy atom. The van der Waals surface area contributed by atoms with E-state index in [4.69, 9.17) is 15.2 Å². The second kappa shape index (κ2) is 13.0. The van der Waals surface area contributed by atoms with E-state index in [9.17, 15) is 9.90 Å². The number of hydrogen-bond donors (Lipinski definition) is 2. The lowest BCUT2D eigenvalue weighted by molar-refractivity contribution is -0.138. The predicted octanol–water partition coefficient (Wildman–Crippen LogP) is 6.36. The number of nitrogens with zero attached hydrogens (tertiary/aromatic N) is 1. The van der Waals surface area contributed by atoms with Crippen molar-refractivity contribution in [3.8, 4) is 11.5 Å². The molecular weight excluding hydrogens is 512 g/mol. The van der Waals surface area contributed by atoms with Crippen LogP contribution in [0.2, 0.25) is 0 Å². The third-order valence-electron chi connectivity index (χ3n) is 7.57. The van der Waals surface area contributed by atoms with Gasteiger partial charge in [0, 0.05) is 37.2 Å². The quantitative estimate of drug-likeness (QED) is 0.213. The summed E-state index contributed by atoms with van der Waals surface area (Å²) in [6, 6.07) is 30.2. The zero-order chi connectivity index (χ0) is 28.8. The van der Waals surface area contributed by atoms with E-state index < -0.39 is 12.0 Å². The molecule has 2 atom stereocenters. The topological polar surface area (TPSA) is 85.0 Å². The summed E-state index contributed by atoms with van der Waals surface area (Å²) in [6.07, 6.45) is 1.14. The number of para-hydroxylation sites is 2. The molecule has 0 radical (unpaired) electrons. The smallest absolute Gasteiger partial charge is 0.320 e. The van der Waals surface area contributed by atoms with Crippen LogP contribution >= 0.6 is 0 Å². The molecule has 0 saturated carbocycles. The molecule has 4 aromatic carbocycles. The Morgan fingerprint density at radius 1 is 0.951 bits per heavy atom. The van der Waals surface area contributed by atoms with E-state index in [0.29, 0.717) is 32.7 Å². The fraction of sp³-hybridized carbons (Fsp3) is 0.286. The highest BCUT2D eigenvalue weighted by atomic mass is 16.5. The lowest BCUT2D eigenvalue weighted by Gasteiger charge is -2.25. The van der Waals surface area contributed by atoms with E-state index in [2.05, 4.69) is 85.5 Å². The van der Waals surface area contributed by atoms with Gasteiger partial charge in [-0.1, -0.05) is 96.1 Å². The van der Waals surface area contributed by atoms with Gasteiger partial charge in [0.15, 0.2) is 0 Å². The van der Waals surface area contributed by atoms with Gasteiger partial charge in [-0.3, -0.25) is 9.69 Å². The summed E-state index contributed by atoms with van der Waals surface area (Å²) in [5.74, 6) is 0.753. The number of carboxylic acids is 1. The number of rotatable bonds is 12. The number of ether oxygens (including phenoxy) is 2. The van der Waals surface area contributed by atoms with Gasteiger partial charge in [-0.25, -0.2) is 0 Å². The van der Waals surface area contributed by atoms with Crippen LogP contribution in [0.1, 0.15) is 51.5 Å². The number of hydrogen-bond acceptors (Lipinski definition) is 5. The fourth-order valence-electron chi connectivity index (χ4n) is 5.39. The zero-order valence-electron chi connectivity index (χ0n) is 23.8. The van der Waals surface area contributed by atoms with E-state index in [1.807, 2.05) is 24.3 Å². The Bertz CT molecular complexity index is 1500. The van der Waals surface area contributed by atoms with E-state index in [1.54, 1.807) is 0 Å². The lowest BCUT2D eigenvalue weighted by Crippen LogP contribution is -2.35. The molecule has 6 heteroatoms. The Labute approximate surface area is 242 Å². The maximum Gasteiger partial charge on any atom is 0.320 e. The number of fused-ring (bicyclic) bond motifs is 1. The highest BCUT2D eigenvalue weighted by Crippen LogP contribution is 2.40. The summed E-state index contributed by atoms with van der Waals surface area (Å²) in [7, 11) is 0. The van der Waals surface area contributed by atoms with Gasteiger partial charge in [-0.05, 0) is 43.0 Å². The van der Waals surface area contributed by atoms with Crippen LogP contribution in [0.15, 0.2) is 91.0 Å². The van der Waals surface area contributed by atoms with Crippen LogP contribution < -0.4 is 15.2 Å². The SMILES string of the molecule is Cc1cccc(COc2ccccc2CN(CC[C@H](N)C(=O)O)Cc2cccc3c2OC(c2cccc(C)c2)C3)c1. The van der Waals surface area contributed by atoms with Crippen molar-refractivity contribution in [2.75, 3.05) is 6.54 Å². The highest BCUT2D eigenvalue weighted by Gasteiger charge is 2.27. The molecule has 5 rings (SSSR count). The van der Waals surface area contributed by atoms with Gasteiger partial charge in [0.05, 0.1) is 0 Å². The van der Waals surface area contributed by atoms with Crippen LogP contribution in [0.4, 0.5) is 0 Å². The highest BCUT2D eigenvalue weighted by molar-refractivity contribution is 5.73. The van der Waals surface area contributed by atoms with Crippen molar-refractivity contribution in [2.24, 2.45) is 5.73 Å². The summed E-state index contributed by atoms with van der Waals surface area (Å²) in [4.78, 5) is 13.7. The Hall–Kier alpha value is -4.13. The second-order valence-electron chi connectivity index (χ2n) is 11.0. The molecule has 0 saturated heterocycles. The Morgan fingerprint density at radius 2 is 1.66 bits per heavy atom. The summed E-state index contributed by atoms with van der Waals surface area (Å²) in [6.45, 7) is 6.35. The molecule has 41 heavy (non-hydrogen) atoms. The van der Waals surface area contributed by atoms with Gasteiger partial charge in [-0.2, -0.15) is 0 Å². The van der Waals surface area contributed by atoms with Gasteiger partial charge in [0.1, 0.15) is 30.3 Å². The van der Waals surface area contributed by atoms with Crippen molar-refractivity contribution in [1.29, 1.82) is 0 Å². The third-order valence-corrected chi connectivity index (χ3v) is 7.57. The minimum atomic E-state index is -0.989. The molecule has 4 aromatic rings. The van der Waals surface area contributed by atoms with Gasteiger partial charge >= 0.3 is 5.97 Å². The molecule has 212 valence electrons. The number of benzene rings is 4. The molecule has 0 fully saturated rings. The molecule has 1 heterocycles. The average Bonchev–Trinajstić information content (AvgIpc) is 3.41.